The lowest BCUT2D eigenvalue weighted by molar-refractivity contribution is -0.140. The SMILES string of the molecule is COc1cc(OC)c2ccc(C(F)(F)F)nc2c1. The molecule has 2 aromatic rings. The van der Waals surface area contributed by atoms with Crippen LogP contribution in [-0.2, 0) is 6.18 Å². The number of hydrogen-bond donors (Lipinski definition) is 0. The zero-order chi connectivity index (χ0) is 13.3. The maximum Gasteiger partial charge on any atom is 0.433 e. The van der Waals surface area contributed by atoms with Crippen LogP contribution in [-0.4, -0.2) is 19.2 Å². The highest BCUT2D eigenvalue weighted by molar-refractivity contribution is 5.86. The maximum absolute atomic E-state index is 12.6. The quantitative estimate of drug-likeness (QED) is 0.827. The molecule has 96 valence electrons. The Kier molecular flexibility index (Phi) is 3.02. The Morgan fingerprint density at radius 2 is 1.78 bits per heavy atom. The first-order valence-electron chi connectivity index (χ1n) is 5.05. The number of rotatable bonds is 2. The van der Waals surface area contributed by atoms with Gasteiger partial charge in [-0.2, -0.15) is 13.2 Å². The second-order valence-electron chi connectivity index (χ2n) is 3.59. The molecule has 0 saturated carbocycles. The van der Waals surface area contributed by atoms with E-state index in [1.54, 1.807) is 6.07 Å². The van der Waals surface area contributed by atoms with Gasteiger partial charge in [0.1, 0.15) is 17.2 Å². The van der Waals surface area contributed by atoms with Gasteiger partial charge in [0.25, 0.3) is 0 Å². The van der Waals surface area contributed by atoms with Crippen LogP contribution in [0.15, 0.2) is 24.3 Å². The molecule has 0 aliphatic heterocycles. The van der Waals surface area contributed by atoms with E-state index < -0.39 is 11.9 Å². The number of benzene rings is 1. The standard InChI is InChI=1S/C12H10F3NO2/c1-17-7-5-9-8(10(6-7)18-2)3-4-11(16-9)12(13,14)15/h3-6H,1-2H3. The van der Waals surface area contributed by atoms with E-state index in [9.17, 15) is 13.2 Å². The predicted molar refractivity (Wildman–Crippen MR) is 59.8 cm³/mol. The number of methoxy groups -OCH3 is 2. The van der Waals surface area contributed by atoms with Crippen molar-refractivity contribution in [1.29, 1.82) is 0 Å². The van der Waals surface area contributed by atoms with E-state index in [-0.39, 0.29) is 5.52 Å². The van der Waals surface area contributed by atoms with Crippen LogP contribution in [0, 0.1) is 0 Å². The smallest absolute Gasteiger partial charge is 0.433 e. The van der Waals surface area contributed by atoms with Gasteiger partial charge in [-0.15, -0.1) is 0 Å². The highest BCUT2D eigenvalue weighted by Gasteiger charge is 2.32. The van der Waals surface area contributed by atoms with Gasteiger partial charge >= 0.3 is 6.18 Å². The molecule has 0 N–H and O–H groups in total. The number of alkyl halides is 3. The van der Waals surface area contributed by atoms with Crippen molar-refractivity contribution in [3.8, 4) is 11.5 Å². The van der Waals surface area contributed by atoms with Gasteiger partial charge in [0.15, 0.2) is 0 Å². The molecule has 0 atom stereocenters. The summed E-state index contributed by atoms with van der Waals surface area (Å²) in [6.07, 6.45) is -4.47. The highest BCUT2D eigenvalue weighted by atomic mass is 19.4. The highest BCUT2D eigenvalue weighted by Crippen LogP contribution is 2.34. The molecule has 2 rings (SSSR count). The molecule has 3 nitrogen and oxygen atoms in total. The lowest BCUT2D eigenvalue weighted by Crippen LogP contribution is -2.07. The van der Waals surface area contributed by atoms with E-state index in [2.05, 4.69) is 4.98 Å². The van der Waals surface area contributed by atoms with Gasteiger partial charge in [0.2, 0.25) is 0 Å². The molecule has 0 unspecified atom stereocenters. The van der Waals surface area contributed by atoms with Crippen molar-refractivity contribution in [2.24, 2.45) is 0 Å². The first-order valence-corrected chi connectivity index (χ1v) is 5.05. The first kappa shape index (κ1) is 12.5. The lowest BCUT2D eigenvalue weighted by atomic mass is 10.1. The average Bonchev–Trinajstić information content (AvgIpc) is 2.35. The Bertz CT molecular complexity index is 581. The molecular weight excluding hydrogens is 247 g/mol. The summed E-state index contributed by atoms with van der Waals surface area (Å²) in [6.45, 7) is 0. The number of nitrogens with zero attached hydrogens (tertiary/aromatic N) is 1. The van der Waals surface area contributed by atoms with Crippen LogP contribution in [0.4, 0.5) is 13.2 Å². The number of aromatic nitrogens is 1. The third kappa shape index (κ3) is 2.18. The van der Waals surface area contributed by atoms with Crippen LogP contribution in [0.5, 0.6) is 11.5 Å². The van der Waals surface area contributed by atoms with Crippen molar-refractivity contribution in [3.05, 3.63) is 30.0 Å². The van der Waals surface area contributed by atoms with Crippen molar-refractivity contribution in [2.45, 2.75) is 6.18 Å². The molecule has 6 heteroatoms. The Morgan fingerprint density at radius 3 is 2.33 bits per heavy atom. The lowest BCUT2D eigenvalue weighted by Gasteiger charge is -2.10. The third-order valence-electron chi connectivity index (χ3n) is 2.49. The summed E-state index contributed by atoms with van der Waals surface area (Å²) in [5.74, 6) is 0.816. The third-order valence-corrected chi connectivity index (χ3v) is 2.49. The molecule has 0 aliphatic carbocycles. The summed E-state index contributed by atoms with van der Waals surface area (Å²) in [4.78, 5) is 3.58. The number of ether oxygens (including phenoxy) is 2. The van der Waals surface area contributed by atoms with E-state index >= 15 is 0 Å². The van der Waals surface area contributed by atoms with Crippen molar-refractivity contribution in [1.82, 2.24) is 4.98 Å². The summed E-state index contributed by atoms with van der Waals surface area (Å²) in [6, 6.07) is 5.30. The van der Waals surface area contributed by atoms with E-state index in [1.807, 2.05) is 0 Å². The second-order valence-corrected chi connectivity index (χ2v) is 3.59. The number of fused-ring (bicyclic) bond motifs is 1. The average molecular weight is 257 g/mol. The molecule has 0 amide bonds. The van der Waals surface area contributed by atoms with Gasteiger partial charge in [-0.05, 0) is 12.1 Å². The van der Waals surface area contributed by atoms with Crippen LogP contribution < -0.4 is 9.47 Å². The van der Waals surface area contributed by atoms with Crippen molar-refractivity contribution < 1.29 is 22.6 Å². The fraction of sp³-hybridized carbons (Fsp3) is 0.250. The van der Waals surface area contributed by atoms with E-state index in [0.29, 0.717) is 16.9 Å². The van der Waals surface area contributed by atoms with Crippen molar-refractivity contribution in [2.75, 3.05) is 14.2 Å². The minimum atomic E-state index is -4.47. The Balaban J connectivity index is 2.68. The monoisotopic (exact) mass is 257 g/mol. The van der Waals surface area contributed by atoms with Gasteiger partial charge in [-0.1, -0.05) is 0 Å². The molecule has 1 aromatic heterocycles. The Hall–Kier alpha value is -1.98. The van der Waals surface area contributed by atoms with Crippen LogP contribution in [0.3, 0.4) is 0 Å². The molecule has 18 heavy (non-hydrogen) atoms. The zero-order valence-electron chi connectivity index (χ0n) is 9.71. The van der Waals surface area contributed by atoms with Gasteiger partial charge in [-0.25, -0.2) is 4.98 Å². The molecule has 0 spiro atoms. The van der Waals surface area contributed by atoms with Crippen LogP contribution in [0.1, 0.15) is 5.69 Å². The minimum absolute atomic E-state index is 0.182. The topological polar surface area (TPSA) is 31.4 Å². The van der Waals surface area contributed by atoms with Gasteiger partial charge in [-0.3, -0.25) is 0 Å². The van der Waals surface area contributed by atoms with Crippen LogP contribution >= 0.6 is 0 Å². The first-order chi connectivity index (χ1) is 8.45. The number of hydrogen-bond acceptors (Lipinski definition) is 3. The molecular formula is C12H10F3NO2. The van der Waals surface area contributed by atoms with Gasteiger partial charge < -0.3 is 9.47 Å². The predicted octanol–water partition coefficient (Wildman–Crippen LogP) is 3.27. The molecule has 0 aliphatic rings. The largest absolute Gasteiger partial charge is 0.497 e. The van der Waals surface area contributed by atoms with E-state index in [0.717, 1.165) is 6.07 Å². The zero-order valence-corrected chi connectivity index (χ0v) is 9.71. The number of halogens is 3. The van der Waals surface area contributed by atoms with Crippen molar-refractivity contribution >= 4 is 10.9 Å². The molecule has 0 saturated heterocycles. The molecule has 1 aromatic carbocycles. The van der Waals surface area contributed by atoms with E-state index in [1.165, 1.54) is 26.4 Å². The normalized spacial score (nSPS) is 11.6. The fourth-order valence-electron chi connectivity index (χ4n) is 1.62. The minimum Gasteiger partial charge on any atom is -0.497 e. The van der Waals surface area contributed by atoms with Gasteiger partial charge in [0.05, 0.1) is 19.7 Å². The van der Waals surface area contributed by atoms with Crippen molar-refractivity contribution in [3.63, 3.8) is 0 Å². The maximum atomic E-state index is 12.6. The molecule has 0 bridgehead atoms. The fourth-order valence-corrected chi connectivity index (χ4v) is 1.62. The Morgan fingerprint density at radius 1 is 1.06 bits per heavy atom. The summed E-state index contributed by atoms with van der Waals surface area (Å²) in [5, 5.41) is 0.506. The molecule has 0 fully saturated rings. The Labute approximate surface area is 101 Å². The number of pyridine rings is 1. The van der Waals surface area contributed by atoms with Crippen LogP contribution in [0.2, 0.25) is 0 Å². The summed E-state index contributed by atoms with van der Waals surface area (Å²) in [5.41, 5.74) is -0.758. The molecule has 1 heterocycles. The summed E-state index contributed by atoms with van der Waals surface area (Å²) in [7, 11) is 2.86. The summed E-state index contributed by atoms with van der Waals surface area (Å²) < 4.78 is 47.8. The van der Waals surface area contributed by atoms with Gasteiger partial charge in [0, 0.05) is 17.5 Å². The molecule has 0 radical (unpaired) electrons. The second kappa shape index (κ2) is 4.36. The summed E-state index contributed by atoms with van der Waals surface area (Å²) >= 11 is 0. The van der Waals surface area contributed by atoms with Crippen LogP contribution in [0.25, 0.3) is 10.9 Å². The van der Waals surface area contributed by atoms with E-state index in [4.69, 9.17) is 9.47 Å².